The zero-order valence-corrected chi connectivity index (χ0v) is 19.8. The van der Waals surface area contributed by atoms with Crippen molar-refractivity contribution in [2.24, 2.45) is 11.5 Å². The molecule has 34 heavy (non-hydrogen) atoms. The van der Waals surface area contributed by atoms with Gasteiger partial charge < -0.3 is 16.4 Å². The molecule has 3 unspecified atom stereocenters. The first-order chi connectivity index (χ1) is 16.4. The van der Waals surface area contributed by atoms with Crippen LogP contribution in [-0.2, 0) is 20.8 Å². The van der Waals surface area contributed by atoms with Gasteiger partial charge in [0, 0.05) is 24.0 Å². The van der Waals surface area contributed by atoms with Crippen molar-refractivity contribution in [3.05, 3.63) is 82.9 Å². The fraction of sp³-hybridized carbons (Fsp3) is 0.308. The van der Waals surface area contributed by atoms with Crippen molar-refractivity contribution in [2.45, 2.75) is 37.9 Å². The van der Waals surface area contributed by atoms with Crippen molar-refractivity contribution < 1.29 is 14.4 Å². The van der Waals surface area contributed by atoms with E-state index in [0.29, 0.717) is 30.0 Å². The van der Waals surface area contributed by atoms with Crippen LogP contribution in [0.3, 0.4) is 0 Å². The Morgan fingerprint density at radius 2 is 1.88 bits per heavy atom. The van der Waals surface area contributed by atoms with Crippen molar-refractivity contribution >= 4 is 34.2 Å². The third-order valence-electron chi connectivity index (χ3n) is 6.38. The second-order valence-corrected chi connectivity index (χ2v) is 8.98. The van der Waals surface area contributed by atoms with Gasteiger partial charge in [-0.3, -0.25) is 14.4 Å². The summed E-state index contributed by atoms with van der Waals surface area (Å²) in [6.07, 6.45) is 0.902. The van der Waals surface area contributed by atoms with Crippen molar-refractivity contribution in [1.29, 1.82) is 0 Å². The number of hydrogen-bond acceptors (Lipinski definition) is 5. The van der Waals surface area contributed by atoms with Crippen LogP contribution in [0, 0.1) is 0 Å². The fourth-order valence-corrected chi connectivity index (χ4v) is 4.89. The highest BCUT2D eigenvalue weighted by Gasteiger charge is 2.42. The number of carbonyl (C=O) groups excluding carboxylic acids is 2. The van der Waals surface area contributed by atoms with E-state index in [2.05, 4.69) is 0 Å². The molecule has 1 aliphatic rings. The minimum absolute atomic E-state index is 0.0794. The molecule has 4 N–H and O–H groups in total. The Morgan fingerprint density at radius 3 is 2.62 bits per heavy atom. The first kappa shape index (κ1) is 24.2. The van der Waals surface area contributed by atoms with Gasteiger partial charge in [0.15, 0.2) is 0 Å². The van der Waals surface area contributed by atoms with E-state index >= 15 is 0 Å². The first-order valence-electron chi connectivity index (χ1n) is 11.3. The number of hydrogen-bond donors (Lipinski definition) is 2. The van der Waals surface area contributed by atoms with E-state index in [4.69, 9.17) is 27.9 Å². The summed E-state index contributed by atoms with van der Waals surface area (Å²) in [6.45, 7) is 2.25. The van der Waals surface area contributed by atoms with Gasteiger partial charge in [-0.15, -0.1) is 0 Å². The molecule has 2 amide bonds. The molecular weight excluding hydrogens is 452 g/mol. The zero-order chi connectivity index (χ0) is 24.2. The van der Waals surface area contributed by atoms with Gasteiger partial charge in [-0.1, -0.05) is 66.2 Å². The van der Waals surface area contributed by atoms with Gasteiger partial charge in [-0.25, -0.2) is 0 Å². The monoisotopic (exact) mass is 480 g/mol. The minimum Gasteiger partial charge on any atom is -0.368 e. The molecule has 0 bridgehead atoms. The Hall–Kier alpha value is -2.97. The van der Waals surface area contributed by atoms with E-state index in [1.807, 2.05) is 55.5 Å². The largest absolute Gasteiger partial charge is 0.368 e. The normalized spacial score (nSPS) is 20.3. The van der Waals surface area contributed by atoms with Crippen LogP contribution < -0.4 is 11.5 Å². The summed E-state index contributed by atoms with van der Waals surface area (Å²) >= 11 is 6.24. The molecule has 0 radical (unpaired) electrons. The highest BCUT2D eigenvalue weighted by molar-refractivity contribution is 6.30. The molecule has 178 valence electrons. The molecule has 0 aromatic heterocycles. The Morgan fingerprint density at radius 1 is 1.15 bits per heavy atom. The summed E-state index contributed by atoms with van der Waals surface area (Å²) in [6, 6.07) is 19.2. The maximum atomic E-state index is 14.0. The molecule has 1 fully saturated rings. The Kier molecular flexibility index (Phi) is 7.48. The summed E-state index contributed by atoms with van der Waals surface area (Å²) in [4.78, 5) is 34.0. The van der Waals surface area contributed by atoms with Gasteiger partial charge in [0.05, 0.1) is 0 Å². The van der Waals surface area contributed by atoms with E-state index in [1.165, 1.54) is 0 Å². The van der Waals surface area contributed by atoms with Gasteiger partial charge >= 0.3 is 0 Å². The molecule has 8 heteroatoms. The van der Waals surface area contributed by atoms with Crippen molar-refractivity contribution in [2.75, 3.05) is 13.3 Å². The van der Waals surface area contributed by atoms with Crippen molar-refractivity contribution in [3.8, 4) is 0 Å². The fourth-order valence-electron chi connectivity index (χ4n) is 4.69. The lowest BCUT2D eigenvalue weighted by Gasteiger charge is -2.34. The van der Waals surface area contributed by atoms with E-state index in [9.17, 15) is 9.59 Å². The summed E-state index contributed by atoms with van der Waals surface area (Å²) in [7, 11) is 0. The van der Waals surface area contributed by atoms with Crippen LogP contribution in [0.1, 0.15) is 30.5 Å². The minimum atomic E-state index is -0.815. The molecule has 1 aliphatic heterocycles. The predicted molar refractivity (Wildman–Crippen MR) is 133 cm³/mol. The van der Waals surface area contributed by atoms with Crippen LogP contribution >= 0.6 is 11.6 Å². The number of nitrogens with two attached hydrogens (primary N) is 2. The molecule has 1 saturated heterocycles. The average molecular weight is 481 g/mol. The topological polar surface area (TPSA) is 102 Å². The second-order valence-electron chi connectivity index (χ2n) is 8.54. The van der Waals surface area contributed by atoms with Crippen LogP contribution in [0.4, 0.5) is 0 Å². The number of fused-ring (bicyclic) bond motifs is 1. The van der Waals surface area contributed by atoms with Crippen LogP contribution in [-0.4, -0.2) is 47.1 Å². The SMILES string of the molecule is CC1CCN(C(Cc2cccc3ccccc23)C(N)=O)C(=O)C(c2cccc(Cl)c2)N1OCN. The molecule has 4 rings (SSSR count). The lowest BCUT2D eigenvalue weighted by atomic mass is 9.96. The number of rotatable bonds is 7. The lowest BCUT2D eigenvalue weighted by Crippen LogP contribution is -2.51. The lowest BCUT2D eigenvalue weighted by molar-refractivity contribution is -0.210. The van der Waals surface area contributed by atoms with Crippen LogP contribution in [0.25, 0.3) is 10.8 Å². The number of amides is 2. The number of halogens is 1. The highest BCUT2D eigenvalue weighted by atomic mass is 35.5. The molecule has 1 heterocycles. The number of benzene rings is 3. The van der Waals surface area contributed by atoms with E-state index in [1.54, 1.807) is 28.2 Å². The van der Waals surface area contributed by atoms with Gasteiger partial charge in [0.2, 0.25) is 11.8 Å². The Labute approximate surface area is 204 Å². The average Bonchev–Trinajstić information content (AvgIpc) is 2.94. The van der Waals surface area contributed by atoms with Crippen LogP contribution in [0.2, 0.25) is 5.02 Å². The maximum absolute atomic E-state index is 14.0. The zero-order valence-electron chi connectivity index (χ0n) is 19.1. The molecule has 0 aliphatic carbocycles. The third kappa shape index (κ3) is 4.93. The Bertz CT molecular complexity index is 1180. The number of carbonyl (C=O) groups is 2. The van der Waals surface area contributed by atoms with Crippen LogP contribution in [0.15, 0.2) is 66.7 Å². The Balaban J connectivity index is 1.74. The van der Waals surface area contributed by atoms with E-state index in [0.717, 1.165) is 16.3 Å². The summed E-state index contributed by atoms with van der Waals surface area (Å²) < 4.78 is 0. The summed E-state index contributed by atoms with van der Waals surface area (Å²) in [5.41, 5.74) is 13.2. The quantitative estimate of drug-likeness (QED) is 0.504. The van der Waals surface area contributed by atoms with Gasteiger partial charge in [0.25, 0.3) is 0 Å². The molecule has 7 nitrogen and oxygen atoms in total. The molecular formula is C26H29ClN4O3. The first-order valence-corrected chi connectivity index (χ1v) is 11.7. The van der Waals surface area contributed by atoms with Gasteiger partial charge in [-0.2, -0.15) is 5.06 Å². The smallest absolute Gasteiger partial charge is 0.247 e. The highest BCUT2D eigenvalue weighted by Crippen LogP contribution is 2.33. The molecule has 0 saturated carbocycles. The predicted octanol–water partition coefficient (Wildman–Crippen LogP) is 3.40. The maximum Gasteiger partial charge on any atom is 0.247 e. The summed E-state index contributed by atoms with van der Waals surface area (Å²) in [5, 5.41) is 4.22. The number of nitrogens with zero attached hydrogens (tertiary/aromatic N) is 2. The second kappa shape index (κ2) is 10.5. The number of hydroxylamine groups is 2. The van der Waals surface area contributed by atoms with Crippen molar-refractivity contribution in [1.82, 2.24) is 9.96 Å². The summed E-state index contributed by atoms with van der Waals surface area (Å²) in [5.74, 6) is -0.823. The molecule has 0 spiro atoms. The van der Waals surface area contributed by atoms with Crippen LogP contribution in [0.5, 0.6) is 0 Å². The van der Waals surface area contributed by atoms with E-state index in [-0.39, 0.29) is 18.7 Å². The van der Waals surface area contributed by atoms with E-state index < -0.39 is 18.0 Å². The molecule has 3 aromatic carbocycles. The van der Waals surface area contributed by atoms with Gasteiger partial charge in [-0.05, 0) is 47.4 Å². The standard InChI is InChI=1S/C26H29ClN4O3/c1-17-12-13-30(26(33)24(31(17)34-16-28)20-9-5-10-21(27)14-20)23(25(29)32)15-19-8-4-7-18-6-2-3-11-22(18)19/h2-11,14,17,23-24H,12-13,15-16,28H2,1H3,(H2,29,32). The van der Waals surface area contributed by atoms with Gasteiger partial charge in [0.1, 0.15) is 18.8 Å². The number of primary amides is 1. The molecule has 3 atom stereocenters. The third-order valence-corrected chi connectivity index (χ3v) is 6.61. The molecule has 3 aromatic rings. The van der Waals surface area contributed by atoms with Crippen molar-refractivity contribution in [3.63, 3.8) is 0 Å².